The highest BCUT2D eigenvalue weighted by Crippen LogP contribution is 2.48. The third-order valence-electron chi connectivity index (χ3n) is 4.74. The molecule has 1 atom stereocenters. The molecule has 2 aliphatic rings. The number of benzene rings is 2. The van der Waals surface area contributed by atoms with Gasteiger partial charge in [0.25, 0.3) is 0 Å². The second-order valence-electron chi connectivity index (χ2n) is 6.51. The van der Waals surface area contributed by atoms with Crippen molar-refractivity contribution in [1.29, 1.82) is 0 Å². The van der Waals surface area contributed by atoms with E-state index in [4.69, 9.17) is 4.74 Å². The van der Waals surface area contributed by atoms with Gasteiger partial charge in [-0.25, -0.2) is 21.8 Å². The number of para-hydroxylation sites is 2. The summed E-state index contributed by atoms with van der Waals surface area (Å²) in [6.45, 7) is 1.66. The summed E-state index contributed by atoms with van der Waals surface area (Å²) in [5.41, 5.74) is -1.12. The summed E-state index contributed by atoms with van der Waals surface area (Å²) < 4.78 is 76.6. The van der Waals surface area contributed by atoms with Gasteiger partial charge >= 0.3 is 10.2 Å². The number of ether oxygens (including phenoxy) is 1. The average molecular weight is 429 g/mol. The molecule has 0 unspecified atom stereocenters. The molecule has 1 saturated heterocycles. The first kappa shape index (κ1) is 21.4. The minimum Gasteiger partial charge on any atom is -0.376 e. The van der Waals surface area contributed by atoms with Gasteiger partial charge in [0.1, 0.15) is 17.2 Å². The molecule has 10 heteroatoms. The molecule has 2 aliphatic heterocycles. The van der Waals surface area contributed by atoms with E-state index in [1.54, 1.807) is 0 Å². The zero-order chi connectivity index (χ0) is 19.9. The molecule has 2 aromatic carbocycles. The normalized spacial score (nSPS) is 20.3. The van der Waals surface area contributed by atoms with E-state index >= 15 is 0 Å². The lowest BCUT2D eigenvalue weighted by Crippen LogP contribution is -2.42. The van der Waals surface area contributed by atoms with E-state index in [2.05, 4.69) is 5.32 Å². The van der Waals surface area contributed by atoms with Crippen molar-refractivity contribution >= 4 is 27.3 Å². The van der Waals surface area contributed by atoms with Crippen LogP contribution >= 0.6 is 0 Å². The number of morpholine rings is 1. The second-order valence-corrected chi connectivity index (χ2v) is 8.21. The number of fused-ring (bicyclic) bond motifs is 1. The Hall–Kier alpha value is -2.30. The van der Waals surface area contributed by atoms with Gasteiger partial charge in [0.15, 0.2) is 11.6 Å². The average Bonchev–Trinajstić information content (AvgIpc) is 2.89. The molecule has 0 radical (unpaired) electrons. The first-order valence-corrected chi connectivity index (χ1v) is 10.2. The summed E-state index contributed by atoms with van der Waals surface area (Å²) in [6.07, 6.45) is 0.0616. The lowest BCUT2D eigenvalue weighted by atomic mass is 10.2. The van der Waals surface area contributed by atoms with Crippen molar-refractivity contribution in [2.24, 2.45) is 0 Å². The fourth-order valence-corrected chi connectivity index (χ4v) is 5.21. The Morgan fingerprint density at radius 3 is 2.28 bits per heavy atom. The Labute approximate surface area is 168 Å². The Bertz CT molecular complexity index is 977. The van der Waals surface area contributed by atoms with Crippen LogP contribution in [0.15, 0.2) is 36.4 Å². The molecule has 0 saturated carbocycles. The Kier molecular flexibility index (Phi) is 6.06. The molecule has 1 fully saturated rings. The van der Waals surface area contributed by atoms with Gasteiger partial charge in [-0.3, -0.25) is 0 Å². The monoisotopic (exact) mass is 429 g/mol. The third-order valence-corrected chi connectivity index (χ3v) is 6.50. The minimum atomic E-state index is -4.44. The van der Waals surface area contributed by atoms with Gasteiger partial charge in [-0.15, -0.1) is 0 Å². The van der Waals surface area contributed by atoms with Crippen molar-refractivity contribution in [3.8, 4) is 0 Å². The smallest absolute Gasteiger partial charge is 0.331 e. The Morgan fingerprint density at radius 1 is 1.03 bits per heavy atom. The lowest BCUT2D eigenvalue weighted by Gasteiger charge is -2.27. The van der Waals surface area contributed by atoms with Gasteiger partial charge in [-0.05, 0) is 30.7 Å². The molecule has 0 amide bonds. The molecular weight excluding hydrogens is 407 g/mol. The highest BCUT2D eigenvalue weighted by Gasteiger charge is 2.45. The molecule has 0 bridgehead atoms. The maximum Gasteiger partial charge on any atom is 0.331 e. The van der Waals surface area contributed by atoms with Crippen LogP contribution in [-0.4, -0.2) is 40.8 Å². The van der Waals surface area contributed by atoms with Crippen LogP contribution in [0.4, 0.5) is 30.2 Å². The maximum atomic E-state index is 14.6. The molecule has 2 aromatic rings. The first-order valence-electron chi connectivity index (χ1n) is 8.79. The van der Waals surface area contributed by atoms with Crippen molar-refractivity contribution in [3.05, 3.63) is 53.8 Å². The number of rotatable bonds is 4. The molecule has 0 aliphatic carbocycles. The van der Waals surface area contributed by atoms with Crippen LogP contribution < -0.4 is 13.9 Å². The highest BCUT2D eigenvalue weighted by molar-refractivity contribution is 7.95. The van der Waals surface area contributed by atoms with E-state index in [1.165, 1.54) is 12.1 Å². The Balaban J connectivity index is 0.00000240. The number of nitrogens with zero attached hydrogens (tertiary/aromatic N) is 2. The summed E-state index contributed by atoms with van der Waals surface area (Å²) in [5.74, 6) is -2.90. The molecule has 0 aromatic heterocycles. The van der Waals surface area contributed by atoms with E-state index in [9.17, 15) is 21.6 Å². The molecule has 6 nitrogen and oxygen atoms in total. The summed E-state index contributed by atoms with van der Waals surface area (Å²) in [6, 6.07) is 6.78. The molecule has 2 heterocycles. The topological polar surface area (TPSA) is 61.9 Å². The number of anilines is 3. The van der Waals surface area contributed by atoms with Crippen LogP contribution in [0, 0.1) is 17.5 Å². The van der Waals surface area contributed by atoms with Gasteiger partial charge in [-0.2, -0.15) is 8.42 Å². The molecule has 0 spiro atoms. The quantitative estimate of drug-likeness (QED) is 0.810. The van der Waals surface area contributed by atoms with Crippen molar-refractivity contribution in [1.82, 2.24) is 5.32 Å². The predicted molar refractivity (Wildman–Crippen MR) is 105 cm³/mol. The second kappa shape index (κ2) is 8.21. The largest absolute Gasteiger partial charge is 0.376 e. The van der Waals surface area contributed by atoms with Crippen molar-refractivity contribution in [2.45, 2.75) is 20.0 Å². The lowest BCUT2D eigenvalue weighted by molar-refractivity contribution is 0.0253. The number of hydrogen-bond acceptors (Lipinski definition) is 4. The molecule has 29 heavy (non-hydrogen) atoms. The SMILES string of the molecule is C.O=S1(=O)N(CC[C@@H]2CNCCO2)c2c(F)cccc2N1c1c(F)cccc1F. The fourth-order valence-electron chi connectivity index (χ4n) is 3.47. The molecule has 1 N–H and O–H groups in total. The van der Waals surface area contributed by atoms with Crippen molar-refractivity contribution in [2.75, 3.05) is 34.9 Å². The number of nitrogens with one attached hydrogen (secondary N) is 1. The summed E-state index contributed by atoms with van der Waals surface area (Å²) in [5, 5.41) is 3.13. The third kappa shape index (κ3) is 3.67. The van der Waals surface area contributed by atoms with Gasteiger partial charge in [0.2, 0.25) is 0 Å². The van der Waals surface area contributed by atoms with Crippen LogP contribution in [0.1, 0.15) is 13.8 Å². The minimum absolute atomic E-state index is 0. The zero-order valence-corrected chi connectivity index (χ0v) is 15.6. The van der Waals surface area contributed by atoms with Crippen LogP contribution in [0.2, 0.25) is 0 Å². The van der Waals surface area contributed by atoms with Crippen molar-refractivity contribution < 1.29 is 26.3 Å². The standard InChI is InChI=1S/C18H18F3N3O3S.CH4/c19-13-3-1-4-14(20)17(13)24-16-6-2-5-15(21)18(16)23(28(24,25)26)9-7-12-11-22-8-10-27-12;/h1-6,12,22H,7-11H2;1H4/t12-;/m1./s1. The van der Waals surface area contributed by atoms with E-state index in [0.717, 1.165) is 28.6 Å². The van der Waals surface area contributed by atoms with E-state index in [1.807, 2.05) is 0 Å². The number of halogens is 3. The van der Waals surface area contributed by atoms with Crippen LogP contribution in [-0.2, 0) is 14.9 Å². The molecular formula is C19H22F3N3O3S. The van der Waals surface area contributed by atoms with Crippen LogP contribution in [0.3, 0.4) is 0 Å². The fraction of sp³-hybridized carbons (Fsp3) is 0.368. The van der Waals surface area contributed by atoms with Crippen molar-refractivity contribution in [3.63, 3.8) is 0 Å². The summed E-state index contributed by atoms with van der Waals surface area (Å²) >= 11 is 0. The van der Waals surface area contributed by atoms with Gasteiger partial charge in [0.05, 0.1) is 18.4 Å². The van der Waals surface area contributed by atoms with E-state index < -0.39 is 33.3 Å². The van der Waals surface area contributed by atoms with Gasteiger partial charge in [-0.1, -0.05) is 19.6 Å². The van der Waals surface area contributed by atoms with Crippen LogP contribution in [0.5, 0.6) is 0 Å². The number of hydrogen-bond donors (Lipinski definition) is 1. The summed E-state index contributed by atoms with van der Waals surface area (Å²) in [4.78, 5) is 0. The summed E-state index contributed by atoms with van der Waals surface area (Å²) in [7, 11) is -4.44. The Morgan fingerprint density at radius 2 is 1.66 bits per heavy atom. The highest BCUT2D eigenvalue weighted by atomic mass is 32.2. The van der Waals surface area contributed by atoms with Gasteiger partial charge < -0.3 is 10.1 Å². The van der Waals surface area contributed by atoms with Crippen LogP contribution in [0.25, 0.3) is 0 Å². The predicted octanol–water partition coefficient (Wildman–Crippen LogP) is 3.32. The zero-order valence-electron chi connectivity index (χ0n) is 14.7. The molecule has 4 rings (SSSR count). The first-order chi connectivity index (χ1) is 13.4. The van der Waals surface area contributed by atoms with Gasteiger partial charge in [0, 0.05) is 19.6 Å². The maximum absolute atomic E-state index is 14.6. The van der Waals surface area contributed by atoms with E-state index in [-0.39, 0.29) is 31.5 Å². The van der Waals surface area contributed by atoms with E-state index in [0.29, 0.717) is 30.4 Å². The molecule has 158 valence electrons.